The van der Waals surface area contributed by atoms with E-state index in [1.54, 1.807) is 6.07 Å². The summed E-state index contributed by atoms with van der Waals surface area (Å²) in [7, 11) is 0. The first-order valence-corrected chi connectivity index (χ1v) is 8.34. The molecule has 0 saturated carbocycles. The molecule has 1 aliphatic rings. The summed E-state index contributed by atoms with van der Waals surface area (Å²) in [5.41, 5.74) is 0. The normalized spacial score (nSPS) is 22.2. The number of aliphatic carboxylic acids is 1. The van der Waals surface area contributed by atoms with Crippen LogP contribution in [0.3, 0.4) is 0 Å². The molecule has 110 valence electrons. The van der Waals surface area contributed by atoms with Crippen molar-refractivity contribution >= 4 is 46.6 Å². The van der Waals surface area contributed by atoms with Gasteiger partial charge in [0, 0.05) is 23.6 Å². The van der Waals surface area contributed by atoms with E-state index in [2.05, 4.69) is 0 Å². The first-order chi connectivity index (χ1) is 9.47. The predicted octanol–water partition coefficient (Wildman–Crippen LogP) is 1.68. The number of aliphatic hydroxyl groups is 1. The van der Waals surface area contributed by atoms with Crippen molar-refractivity contribution in [1.29, 1.82) is 0 Å². The lowest BCUT2D eigenvalue weighted by molar-refractivity contribution is -0.147. The summed E-state index contributed by atoms with van der Waals surface area (Å²) < 4.78 is 0.709. The molecule has 0 aliphatic carbocycles. The second-order valence-corrected chi connectivity index (χ2v) is 7.27. The van der Waals surface area contributed by atoms with Crippen molar-refractivity contribution in [3.05, 3.63) is 21.3 Å². The van der Waals surface area contributed by atoms with E-state index < -0.39 is 18.1 Å². The van der Waals surface area contributed by atoms with Gasteiger partial charge in [0.1, 0.15) is 6.04 Å². The molecule has 1 amide bonds. The number of carbonyl (C=O) groups is 2. The summed E-state index contributed by atoms with van der Waals surface area (Å²) in [4.78, 5) is 25.4. The van der Waals surface area contributed by atoms with Crippen LogP contribution < -0.4 is 0 Å². The molecule has 0 unspecified atom stereocenters. The Kier molecular flexibility index (Phi) is 5.31. The maximum Gasteiger partial charge on any atom is 0.326 e. The zero-order chi connectivity index (χ0) is 14.7. The van der Waals surface area contributed by atoms with Crippen LogP contribution in [0.4, 0.5) is 0 Å². The molecule has 1 aromatic heterocycles. The van der Waals surface area contributed by atoms with Crippen molar-refractivity contribution in [3.63, 3.8) is 0 Å². The van der Waals surface area contributed by atoms with E-state index in [1.165, 1.54) is 28.0 Å². The van der Waals surface area contributed by atoms with Gasteiger partial charge in [0.25, 0.3) is 0 Å². The number of likely N-dealkylation sites (tertiary alicyclic amines) is 1. The number of carboxylic acids is 1. The molecule has 0 aromatic carbocycles. The fourth-order valence-electron chi connectivity index (χ4n) is 2.07. The minimum Gasteiger partial charge on any atom is -0.480 e. The molecule has 1 aromatic rings. The van der Waals surface area contributed by atoms with Crippen molar-refractivity contribution in [2.24, 2.45) is 0 Å². The summed E-state index contributed by atoms with van der Waals surface area (Å²) in [6.45, 7) is 0.0984. The van der Waals surface area contributed by atoms with Crippen LogP contribution >= 0.6 is 34.7 Å². The summed E-state index contributed by atoms with van der Waals surface area (Å²) in [6, 6.07) is 2.81. The van der Waals surface area contributed by atoms with Crippen LogP contribution in [-0.2, 0) is 15.3 Å². The van der Waals surface area contributed by atoms with E-state index in [0.29, 0.717) is 10.1 Å². The van der Waals surface area contributed by atoms with Gasteiger partial charge >= 0.3 is 5.97 Å². The topological polar surface area (TPSA) is 77.8 Å². The lowest BCUT2D eigenvalue weighted by Crippen LogP contribution is -2.41. The fourth-order valence-corrected chi connectivity index (χ4v) is 4.18. The van der Waals surface area contributed by atoms with Gasteiger partial charge in [-0.1, -0.05) is 11.6 Å². The number of thioether (sulfide) groups is 1. The highest BCUT2D eigenvalue weighted by molar-refractivity contribution is 7.99. The van der Waals surface area contributed by atoms with E-state index >= 15 is 0 Å². The number of hydrogen-bond donors (Lipinski definition) is 2. The Bertz CT molecular complexity index is 507. The predicted molar refractivity (Wildman–Crippen MR) is 79.3 cm³/mol. The van der Waals surface area contributed by atoms with Gasteiger partial charge in [-0.05, 0) is 12.1 Å². The Labute approximate surface area is 129 Å². The number of β-amino-alcohol motifs (C(OH)–C–C–N with tert-alkyl or cyclic N) is 1. The number of rotatable bonds is 5. The smallest absolute Gasteiger partial charge is 0.326 e. The largest absolute Gasteiger partial charge is 0.480 e. The van der Waals surface area contributed by atoms with Crippen molar-refractivity contribution in [2.45, 2.75) is 24.3 Å². The van der Waals surface area contributed by atoms with Crippen LogP contribution in [0.5, 0.6) is 0 Å². The SMILES string of the molecule is O=C(O)[C@H]1C[C@@H](O)CN1C(=O)CSCc1ccc(Cl)s1. The maximum absolute atomic E-state index is 12.0. The van der Waals surface area contributed by atoms with Crippen LogP contribution in [-0.4, -0.2) is 51.4 Å². The molecular weight excluding hydrogens is 322 g/mol. The zero-order valence-corrected chi connectivity index (χ0v) is 12.9. The Hall–Kier alpha value is -0.760. The average Bonchev–Trinajstić information content (AvgIpc) is 2.95. The first kappa shape index (κ1) is 15.6. The van der Waals surface area contributed by atoms with Crippen LogP contribution in [0.1, 0.15) is 11.3 Å². The van der Waals surface area contributed by atoms with Crippen molar-refractivity contribution in [3.8, 4) is 0 Å². The third kappa shape index (κ3) is 3.88. The Balaban J connectivity index is 1.83. The second kappa shape index (κ2) is 6.80. The molecule has 1 saturated heterocycles. The molecule has 2 rings (SSSR count). The summed E-state index contributed by atoms with van der Waals surface area (Å²) >= 11 is 8.70. The Morgan fingerprint density at radius 3 is 2.85 bits per heavy atom. The minimum absolute atomic E-state index is 0.0984. The quantitative estimate of drug-likeness (QED) is 0.856. The van der Waals surface area contributed by atoms with Gasteiger partial charge in [-0.3, -0.25) is 4.79 Å². The van der Waals surface area contributed by atoms with Gasteiger partial charge in [0.15, 0.2) is 0 Å². The molecule has 0 radical (unpaired) electrons. The Morgan fingerprint density at radius 1 is 1.50 bits per heavy atom. The van der Waals surface area contributed by atoms with Crippen LogP contribution in [0.15, 0.2) is 12.1 Å². The van der Waals surface area contributed by atoms with Gasteiger partial charge in [-0.2, -0.15) is 0 Å². The number of thiophene rings is 1. The van der Waals surface area contributed by atoms with E-state index in [9.17, 15) is 14.7 Å². The van der Waals surface area contributed by atoms with Crippen molar-refractivity contribution in [2.75, 3.05) is 12.3 Å². The number of hydrogen-bond acceptors (Lipinski definition) is 5. The molecule has 20 heavy (non-hydrogen) atoms. The van der Waals surface area contributed by atoms with Crippen LogP contribution in [0.2, 0.25) is 4.34 Å². The van der Waals surface area contributed by atoms with Crippen molar-refractivity contribution in [1.82, 2.24) is 4.90 Å². The van der Waals surface area contributed by atoms with Crippen molar-refractivity contribution < 1.29 is 19.8 Å². The number of carboxylic acid groups (broad SMARTS) is 1. The molecule has 1 aliphatic heterocycles. The van der Waals surface area contributed by atoms with Gasteiger partial charge in [-0.15, -0.1) is 23.1 Å². The highest BCUT2D eigenvalue weighted by Gasteiger charge is 2.38. The molecule has 5 nitrogen and oxygen atoms in total. The highest BCUT2D eigenvalue weighted by Crippen LogP contribution is 2.26. The van der Waals surface area contributed by atoms with E-state index in [-0.39, 0.29) is 24.6 Å². The fraction of sp³-hybridized carbons (Fsp3) is 0.500. The van der Waals surface area contributed by atoms with Gasteiger partial charge in [-0.25, -0.2) is 4.79 Å². The molecule has 0 bridgehead atoms. The summed E-state index contributed by atoms with van der Waals surface area (Å²) in [6.07, 6.45) is -0.645. The lowest BCUT2D eigenvalue weighted by Gasteiger charge is -2.20. The molecule has 1 fully saturated rings. The number of nitrogens with zero attached hydrogens (tertiary/aromatic N) is 1. The molecule has 0 spiro atoms. The molecular formula is C12H14ClNO4S2. The molecule has 2 heterocycles. The second-order valence-electron chi connectivity index (χ2n) is 4.49. The lowest BCUT2D eigenvalue weighted by atomic mass is 10.2. The van der Waals surface area contributed by atoms with Crippen LogP contribution in [0, 0.1) is 0 Å². The first-order valence-electron chi connectivity index (χ1n) is 5.99. The standard InChI is InChI=1S/C12H14ClNO4S2/c13-10-2-1-8(20-10)5-19-6-11(16)14-4-7(15)3-9(14)12(17)18/h1-2,7,9,15H,3-6H2,(H,17,18)/t7-,9-/m1/s1. The highest BCUT2D eigenvalue weighted by atomic mass is 35.5. The summed E-state index contributed by atoms with van der Waals surface area (Å²) in [5, 5.41) is 18.5. The zero-order valence-electron chi connectivity index (χ0n) is 10.5. The maximum atomic E-state index is 12.0. The van der Waals surface area contributed by atoms with E-state index in [1.807, 2.05) is 6.07 Å². The number of carbonyl (C=O) groups excluding carboxylic acids is 1. The number of aliphatic hydroxyl groups excluding tert-OH is 1. The van der Waals surface area contributed by atoms with E-state index in [0.717, 1.165) is 4.88 Å². The third-order valence-electron chi connectivity index (χ3n) is 2.98. The third-order valence-corrected chi connectivity index (χ3v) is 5.36. The number of amides is 1. The molecule has 2 atom stereocenters. The van der Waals surface area contributed by atoms with Gasteiger partial charge in [0.2, 0.25) is 5.91 Å². The minimum atomic E-state index is -1.06. The van der Waals surface area contributed by atoms with Gasteiger partial charge < -0.3 is 15.1 Å². The summed E-state index contributed by atoms with van der Waals surface area (Å²) in [5.74, 6) is -0.449. The Morgan fingerprint density at radius 2 is 2.25 bits per heavy atom. The van der Waals surface area contributed by atoms with Crippen LogP contribution in [0.25, 0.3) is 0 Å². The number of halogens is 1. The average molecular weight is 336 g/mol. The molecule has 8 heteroatoms. The van der Waals surface area contributed by atoms with E-state index in [4.69, 9.17) is 16.7 Å². The van der Waals surface area contributed by atoms with Gasteiger partial charge in [0.05, 0.1) is 16.2 Å². The monoisotopic (exact) mass is 335 g/mol. The molecule has 2 N–H and O–H groups in total.